The van der Waals surface area contributed by atoms with Gasteiger partial charge in [-0.2, -0.15) is 10.5 Å². The van der Waals surface area contributed by atoms with Gasteiger partial charge in [0.2, 0.25) is 0 Å². The Morgan fingerprint density at radius 2 is 1.47 bits per heavy atom. The van der Waals surface area contributed by atoms with E-state index in [0.29, 0.717) is 0 Å². The molecular formula is C15H13N2. The molecule has 0 spiro atoms. The summed E-state index contributed by atoms with van der Waals surface area (Å²) in [6.45, 7) is 0. The van der Waals surface area contributed by atoms with Crippen molar-refractivity contribution in [2.45, 2.75) is 12.5 Å². The van der Waals surface area contributed by atoms with E-state index in [0.717, 1.165) is 12.1 Å². The van der Waals surface area contributed by atoms with E-state index in [1.54, 1.807) is 0 Å². The average molecular weight is 221 g/mol. The van der Waals surface area contributed by atoms with E-state index in [1.165, 1.54) is 11.1 Å². The first kappa shape index (κ1) is 10.1. The van der Waals surface area contributed by atoms with Crippen molar-refractivity contribution in [3.8, 4) is 0 Å². The van der Waals surface area contributed by atoms with Crippen LogP contribution in [0.5, 0.6) is 0 Å². The molecule has 2 aromatic carbocycles. The molecule has 1 radical (unpaired) electrons. The van der Waals surface area contributed by atoms with Gasteiger partial charge in [-0.05, 0) is 11.1 Å². The van der Waals surface area contributed by atoms with E-state index in [9.17, 15) is 0 Å². The van der Waals surface area contributed by atoms with E-state index in [1.807, 2.05) is 36.4 Å². The molecule has 1 aliphatic rings. The number of hydrogen-bond acceptors (Lipinski definition) is 1. The molecule has 0 amide bonds. The van der Waals surface area contributed by atoms with Crippen LogP contribution in [0.15, 0.2) is 65.8 Å². The number of hydrogen-bond donors (Lipinski definition) is 0. The Hall–Kier alpha value is -2.09. The Morgan fingerprint density at radius 1 is 0.824 bits per heavy atom. The third kappa shape index (κ3) is 2.07. The molecule has 1 atom stereocenters. The molecule has 1 aliphatic heterocycles. The molecular weight excluding hydrogens is 208 g/mol. The maximum absolute atomic E-state index is 4.35. The summed E-state index contributed by atoms with van der Waals surface area (Å²) in [7, 11) is 0. The molecule has 2 nitrogen and oxygen atoms in total. The van der Waals surface area contributed by atoms with Crippen LogP contribution in [0.4, 0.5) is 0 Å². The summed E-state index contributed by atoms with van der Waals surface area (Å²) in [6.07, 6.45) is 0.897. The topological polar surface area (TPSA) is 26.5 Å². The predicted octanol–water partition coefficient (Wildman–Crippen LogP) is 3.14. The molecule has 83 valence electrons. The van der Waals surface area contributed by atoms with Gasteiger partial charge in [0.1, 0.15) is 6.04 Å². The maximum Gasteiger partial charge on any atom is 0.102 e. The van der Waals surface area contributed by atoms with Gasteiger partial charge in [0.05, 0.1) is 5.71 Å². The molecule has 0 bridgehead atoms. The molecule has 0 aromatic heterocycles. The molecule has 0 aliphatic carbocycles. The summed E-state index contributed by atoms with van der Waals surface area (Å²) >= 11 is 0. The molecule has 0 fully saturated rings. The van der Waals surface area contributed by atoms with Crippen molar-refractivity contribution in [2.75, 3.05) is 0 Å². The fourth-order valence-electron chi connectivity index (χ4n) is 2.07. The lowest BCUT2D eigenvalue weighted by Crippen LogP contribution is -2.04. The molecule has 0 saturated carbocycles. The van der Waals surface area contributed by atoms with E-state index >= 15 is 0 Å². The zero-order chi connectivity index (χ0) is 11.5. The van der Waals surface area contributed by atoms with Crippen LogP contribution in [0.2, 0.25) is 0 Å². The first-order chi connectivity index (χ1) is 8.43. The lowest BCUT2D eigenvalue weighted by molar-refractivity contribution is 0.606. The molecule has 1 heterocycles. The highest BCUT2D eigenvalue weighted by Crippen LogP contribution is 2.25. The molecule has 0 saturated heterocycles. The standard InChI is InChI=1S/C15H13N2/c1-3-7-12(8-4-1)14-11-15(17-16-14)13-9-5-2-6-10-13/h1-10,14H,11H2. The van der Waals surface area contributed by atoms with E-state index in [-0.39, 0.29) is 6.04 Å². The van der Waals surface area contributed by atoms with Crippen LogP contribution in [-0.2, 0) is 0 Å². The van der Waals surface area contributed by atoms with Crippen LogP contribution >= 0.6 is 0 Å². The second kappa shape index (κ2) is 4.42. The van der Waals surface area contributed by atoms with Crippen molar-refractivity contribution in [2.24, 2.45) is 5.10 Å². The number of nitrogens with zero attached hydrogens (tertiary/aromatic N) is 2. The average Bonchev–Trinajstić information content (AvgIpc) is 2.90. The van der Waals surface area contributed by atoms with Gasteiger partial charge in [0.15, 0.2) is 0 Å². The van der Waals surface area contributed by atoms with Gasteiger partial charge in [-0.3, -0.25) is 0 Å². The first-order valence-electron chi connectivity index (χ1n) is 5.80. The molecule has 17 heavy (non-hydrogen) atoms. The van der Waals surface area contributed by atoms with Gasteiger partial charge in [-0.25, -0.2) is 0 Å². The summed E-state index contributed by atoms with van der Waals surface area (Å²) in [6, 6.07) is 20.8. The van der Waals surface area contributed by atoms with Crippen molar-refractivity contribution in [1.29, 1.82) is 0 Å². The fraction of sp³-hybridized carbons (Fsp3) is 0.133. The highest BCUT2D eigenvalue weighted by atomic mass is 15.3. The van der Waals surface area contributed by atoms with Gasteiger partial charge in [-0.15, -0.1) is 0 Å². The van der Waals surface area contributed by atoms with Crippen LogP contribution in [0.25, 0.3) is 0 Å². The zero-order valence-corrected chi connectivity index (χ0v) is 9.45. The summed E-state index contributed by atoms with van der Waals surface area (Å²) in [5.74, 6) is 0. The second-order valence-corrected chi connectivity index (χ2v) is 4.16. The van der Waals surface area contributed by atoms with Crippen molar-refractivity contribution in [3.05, 3.63) is 71.8 Å². The highest BCUT2D eigenvalue weighted by molar-refractivity contribution is 6.01. The third-order valence-corrected chi connectivity index (χ3v) is 3.00. The maximum atomic E-state index is 4.35. The van der Waals surface area contributed by atoms with Crippen molar-refractivity contribution in [3.63, 3.8) is 0 Å². The zero-order valence-electron chi connectivity index (χ0n) is 9.45. The Labute approximate surface area is 101 Å². The normalized spacial score (nSPS) is 18.6. The van der Waals surface area contributed by atoms with Crippen LogP contribution in [0.3, 0.4) is 0 Å². The summed E-state index contributed by atoms with van der Waals surface area (Å²) in [4.78, 5) is 0. The third-order valence-electron chi connectivity index (χ3n) is 3.00. The first-order valence-corrected chi connectivity index (χ1v) is 5.80. The highest BCUT2D eigenvalue weighted by Gasteiger charge is 2.22. The van der Waals surface area contributed by atoms with Gasteiger partial charge in [0.25, 0.3) is 0 Å². The van der Waals surface area contributed by atoms with Crippen LogP contribution < -0.4 is 5.43 Å². The molecule has 1 unspecified atom stereocenters. The SMILES string of the molecule is c1ccc(C2=N[N]C(c3ccccc3)C2)cc1. The fourth-order valence-corrected chi connectivity index (χ4v) is 2.07. The van der Waals surface area contributed by atoms with E-state index in [2.05, 4.69) is 34.8 Å². The lowest BCUT2D eigenvalue weighted by atomic mass is 9.99. The molecule has 2 heteroatoms. The van der Waals surface area contributed by atoms with Crippen LogP contribution in [-0.4, -0.2) is 5.71 Å². The lowest BCUT2D eigenvalue weighted by Gasteiger charge is -2.07. The predicted molar refractivity (Wildman–Crippen MR) is 68.9 cm³/mol. The monoisotopic (exact) mass is 221 g/mol. The van der Waals surface area contributed by atoms with Crippen LogP contribution in [0, 0.1) is 0 Å². The van der Waals surface area contributed by atoms with Gasteiger partial charge < -0.3 is 0 Å². The Morgan fingerprint density at radius 3 is 2.18 bits per heavy atom. The quantitative estimate of drug-likeness (QED) is 0.745. The van der Waals surface area contributed by atoms with E-state index in [4.69, 9.17) is 0 Å². The van der Waals surface area contributed by atoms with E-state index < -0.39 is 0 Å². The van der Waals surface area contributed by atoms with Gasteiger partial charge in [-0.1, -0.05) is 60.7 Å². The van der Waals surface area contributed by atoms with Gasteiger partial charge in [0, 0.05) is 6.42 Å². The van der Waals surface area contributed by atoms with Gasteiger partial charge >= 0.3 is 0 Å². The molecule has 2 aromatic rings. The summed E-state index contributed by atoms with van der Waals surface area (Å²) in [5.41, 5.74) is 7.85. The summed E-state index contributed by atoms with van der Waals surface area (Å²) in [5, 5.41) is 4.31. The van der Waals surface area contributed by atoms with Crippen molar-refractivity contribution in [1.82, 2.24) is 5.43 Å². The Kier molecular flexibility index (Phi) is 2.62. The van der Waals surface area contributed by atoms with Crippen molar-refractivity contribution < 1.29 is 0 Å². The number of rotatable bonds is 2. The second-order valence-electron chi connectivity index (χ2n) is 4.16. The van der Waals surface area contributed by atoms with Crippen molar-refractivity contribution >= 4 is 5.71 Å². The minimum absolute atomic E-state index is 0.186. The minimum Gasteiger partial charge on any atom is -0.180 e. The molecule has 0 N–H and O–H groups in total. The smallest absolute Gasteiger partial charge is 0.102 e. The number of benzene rings is 2. The Bertz CT molecular complexity index is 517. The largest absolute Gasteiger partial charge is 0.180 e. The minimum atomic E-state index is 0.186. The Balaban J connectivity index is 1.78. The summed E-state index contributed by atoms with van der Waals surface area (Å²) < 4.78 is 0. The van der Waals surface area contributed by atoms with Crippen LogP contribution in [0.1, 0.15) is 23.6 Å². The molecule has 3 rings (SSSR count).